The van der Waals surface area contributed by atoms with Crippen LogP contribution in [0.25, 0.3) is 0 Å². The van der Waals surface area contributed by atoms with Crippen LogP contribution in [0.3, 0.4) is 0 Å². The number of nitrogens with one attached hydrogen (secondary N) is 1. The molecule has 0 saturated heterocycles. The maximum Gasteiger partial charge on any atom is 0.227 e. The van der Waals surface area contributed by atoms with Crippen molar-refractivity contribution in [2.75, 3.05) is 11.9 Å². The molecule has 0 aromatic heterocycles. The minimum Gasteiger partial charge on any atom is -0.489 e. The van der Waals surface area contributed by atoms with Crippen molar-refractivity contribution in [1.29, 1.82) is 0 Å². The van der Waals surface area contributed by atoms with E-state index in [0.717, 1.165) is 29.9 Å². The van der Waals surface area contributed by atoms with Gasteiger partial charge < -0.3 is 10.1 Å². The van der Waals surface area contributed by atoms with Crippen LogP contribution in [-0.2, 0) is 4.79 Å². The van der Waals surface area contributed by atoms with Gasteiger partial charge in [-0.05, 0) is 49.6 Å². The summed E-state index contributed by atoms with van der Waals surface area (Å²) in [5.41, 5.74) is 1.81. The van der Waals surface area contributed by atoms with E-state index in [1.54, 1.807) is 0 Å². The summed E-state index contributed by atoms with van der Waals surface area (Å²) >= 11 is 0. The summed E-state index contributed by atoms with van der Waals surface area (Å²) in [6, 6.07) is 7.42. The van der Waals surface area contributed by atoms with Gasteiger partial charge in [-0.1, -0.05) is 6.58 Å². The molecular formula is C14H17NO2. The predicted octanol–water partition coefficient (Wildman–Crippen LogP) is 2.99. The number of carbonyl (C=O) groups is 1. The Morgan fingerprint density at radius 1 is 1.41 bits per heavy atom. The number of hydrogen-bond donors (Lipinski definition) is 1. The molecule has 2 rings (SSSR count). The van der Waals surface area contributed by atoms with Crippen LogP contribution in [0.4, 0.5) is 5.69 Å². The van der Waals surface area contributed by atoms with Crippen LogP contribution in [0.15, 0.2) is 36.4 Å². The van der Waals surface area contributed by atoms with Gasteiger partial charge in [0.05, 0.1) is 0 Å². The van der Waals surface area contributed by atoms with E-state index >= 15 is 0 Å². The van der Waals surface area contributed by atoms with Gasteiger partial charge in [0.1, 0.15) is 12.4 Å². The van der Waals surface area contributed by atoms with E-state index in [2.05, 4.69) is 11.9 Å². The van der Waals surface area contributed by atoms with E-state index < -0.39 is 0 Å². The fraction of sp³-hybridized carbons (Fsp3) is 0.357. The lowest BCUT2D eigenvalue weighted by atomic mass is 10.3. The first-order chi connectivity index (χ1) is 8.15. The molecule has 1 aliphatic carbocycles. The molecule has 1 aromatic carbocycles. The van der Waals surface area contributed by atoms with Gasteiger partial charge in [0.15, 0.2) is 0 Å². The molecule has 0 heterocycles. The molecule has 0 spiro atoms. The number of benzene rings is 1. The third kappa shape index (κ3) is 3.63. The standard InChI is InChI=1S/C14H17NO2/c1-10(2)9-17-13-7-5-12(6-8-13)15-14(16)11-3-4-11/h5-8,11H,1,3-4,9H2,2H3,(H,15,16). The highest BCUT2D eigenvalue weighted by molar-refractivity contribution is 5.94. The smallest absolute Gasteiger partial charge is 0.227 e. The lowest BCUT2D eigenvalue weighted by Crippen LogP contribution is -2.13. The van der Waals surface area contributed by atoms with Crippen molar-refractivity contribution in [1.82, 2.24) is 0 Å². The zero-order valence-corrected chi connectivity index (χ0v) is 10.0. The molecule has 0 radical (unpaired) electrons. The molecule has 1 aromatic rings. The molecule has 0 atom stereocenters. The first-order valence-corrected chi connectivity index (χ1v) is 5.83. The van der Waals surface area contributed by atoms with Crippen molar-refractivity contribution in [2.24, 2.45) is 5.92 Å². The molecule has 1 fully saturated rings. The third-order valence-electron chi connectivity index (χ3n) is 2.56. The van der Waals surface area contributed by atoms with E-state index in [1.165, 1.54) is 0 Å². The first-order valence-electron chi connectivity index (χ1n) is 5.83. The summed E-state index contributed by atoms with van der Waals surface area (Å²) < 4.78 is 5.47. The summed E-state index contributed by atoms with van der Waals surface area (Å²) in [7, 11) is 0. The van der Waals surface area contributed by atoms with Crippen LogP contribution < -0.4 is 10.1 Å². The van der Waals surface area contributed by atoms with Gasteiger partial charge in [-0.2, -0.15) is 0 Å². The van der Waals surface area contributed by atoms with Crippen LogP contribution in [0.2, 0.25) is 0 Å². The normalized spacial score (nSPS) is 14.2. The van der Waals surface area contributed by atoms with Crippen LogP contribution in [0, 0.1) is 5.92 Å². The van der Waals surface area contributed by atoms with Crippen molar-refractivity contribution < 1.29 is 9.53 Å². The second-order valence-corrected chi connectivity index (χ2v) is 4.53. The molecule has 3 nitrogen and oxygen atoms in total. The Labute approximate surface area is 101 Å². The van der Waals surface area contributed by atoms with Gasteiger partial charge >= 0.3 is 0 Å². The molecule has 1 saturated carbocycles. The highest BCUT2D eigenvalue weighted by Gasteiger charge is 2.29. The number of carbonyl (C=O) groups excluding carboxylic acids is 1. The summed E-state index contributed by atoms with van der Waals surface area (Å²) in [4.78, 5) is 11.5. The highest BCUT2D eigenvalue weighted by atomic mass is 16.5. The SMILES string of the molecule is C=C(C)COc1ccc(NC(=O)C2CC2)cc1. The molecule has 0 bridgehead atoms. The largest absolute Gasteiger partial charge is 0.489 e. The van der Waals surface area contributed by atoms with Gasteiger partial charge in [-0.15, -0.1) is 0 Å². The van der Waals surface area contributed by atoms with Crippen molar-refractivity contribution in [2.45, 2.75) is 19.8 Å². The Kier molecular flexibility index (Phi) is 3.47. The van der Waals surface area contributed by atoms with Gasteiger partial charge in [-0.25, -0.2) is 0 Å². The lowest BCUT2D eigenvalue weighted by Gasteiger charge is -2.07. The van der Waals surface area contributed by atoms with E-state index in [4.69, 9.17) is 4.74 Å². The second-order valence-electron chi connectivity index (χ2n) is 4.53. The molecular weight excluding hydrogens is 214 g/mol. The Balaban J connectivity index is 1.88. The van der Waals surface area contributed by atoms with E-state index in [1.807, 2.05) is 31.2 Å². The summed E-state index contributed by atoms with van der Waals surface area (Å²) in [6.07, 6.45) is 2.04. The van der Waals surface area contributed by atoms with Crippen LogP contribution in [-0.4, -0.2) is 12.5 Å². The average molecular weight is 231 g/mol. The quantitative estimate of drug-likeness (QED) is 0.791. The molecule has 90 valence electrons. The Morgan fingerprint density at radius 3 is 2.59 bits per heavy atom. The van der Waals surface area contributed by atoms with E-state index in [9.17, 15) is 4.79 Å². The molecule has 3 heteroatoms. The van der Waals surface area contributed by atoms with Crippen molar-refractivity contribution in [3.05, 3.63) is 36.4 Å². The van der Waals surface area contributed by atoms with Crippen molar-refractivity contribution in [3.8, 4) is 5.75 Å². The van der Waals surface area contributed by atoms with Crippen molar-refractivity contribution >= 4 is 11.6 Å². The minimum atomic E-state index is 0.126. The maximum absolute atomic E-state index is 11.5. The van der Waals surface area contributed by atoms with Gasteiger partial charge in [-0.3, -0.25) is 4.79 Å². The molecule has 1 N–H and O–H groups in total. The lowest BCUT2D eigenvalue weighted by molar-refractivity contribution is -0.117. The molecule has 17 heavy (non-hydrogen) atoms. The van der Waals surface area contributed by atoms with E-state index in [-0.39, 0.29) is 11.8 Å². The zero-order chi connectivity index (χ0) is 12.3. The number of amides is 1. The Bertz CT molecular complexity index is 418. The minimum absolute atomic E-state index is 0.126. The monoisotopic (exact) mass is 231 g/mol. The number of hydrogen-bond acceptors (Lipinski definition) is 2. The summed E-state index contributed by atoms with van der Waals surface area (Å²) in [6.45, 7) is 6.21. The first kappa shape index (κ1) is 11.7. The molecule has 1 amide bonds. The topological polar surface area (TPSA) is 38.3 Å². The predicted molar refractivity (Wildman–Crippen MR) is 68.1 cm³/mol. The molecule has 1 aliphatic rings. The fourth-order valence-electron chi connectivity index (χ4n) is 1.43. The number of ether oxygens (including phenoxy) is 1. The van der Waals surface area contributed by atoms with Crippen molar-refractivity contribution in [3.63, 3.8) is 0 Å². The van der Waals surface area contributed by atoms with Crippen LogP contribution >= 0.6 is 0 Å². The molecule has 0 aliphatic heterocycles. The Morgan fingerprint density at radius 2 is 2.06 bits per heavy atom. The summed E-state index contributed by atoms with van der Waals surface area (Å²) in [5, 5.41) is 2.88. The maximum atomic E-state index is 11.5. The molecule has 0 unspecified atom stereocenters. The number of anilines is 1. The van der Waals surface area contributed by atoms with E-state index in [0.29, 0.717) is 6.61 Å². The average Bonchev–Trinajstić information content (AvgIpc) is 3.12. The van der Waals surface area contributed by atoms with Crippen LogP contribution in [0.5, 0.6) is 5.75 Å². The highest BCUT2D eigenvalue weighted by Crippen LogP contribution is 2.30. The third-order valence-corrected chi connectivity index (χ3v) is 2.56. The van der Waals surface area contributed by atoms with Gasteiger partial charge in [0.25, 0.3) is 0 Å². The zero-order valence-electron chi connectivity index (χ0n) is 10.0. The number of rotatable bonds is 5. The van der Waals surface area contributed by atoms with Gasteiger partial charge in [0.2, 0.25) is 5.91 Å². The van der Waals surface area contributed by atoms with Gasteiger partial charge in [0, 0.05) is 11.6 Å². The Hall–Kier alpha value is -1.77. The second kappa shape index (κ2) is 5.04. The summed E-state index contributed by atoms with van der Waals surface area (Å²) in [5.74, 6) is 1.15. The fourth-order valence-corrected chi connectivity index (χ4v) is 1.43. The van der Waals surface area contributed by atoms with Crippen LogP contribution in [0.1, 0.15) is 19.8 Å².